The molecule has 0 aromatic carbocycles. The lowest BCUT2D eigenvalue weighted by Crippen LogP contribution is -2.28. The van der Waals surface area contributed by atoms with Crippen LogP contribution in [0.25, 0.3) is 0 Å². The molecule has 3 nitrogen and oxygen atoms in total. The van der Waals surface area contributed by atoms with Gasteiger partial charge in [-0.25, -0.2) is 0 Å². The molecule has 1 saturated heterocycles. The zero-order chi connectivity index (χ0) is 8.55. The van der Waals surface area contributed by atoms with Gasteiger partial charge in [-0.1, -0.05) is 0 Å². The smallest absolute Gasteiger partial charge is 0.157 e. The van der Waals surface area contributed by atoms with E-state index in [1.807, 2.05) is 0 Å². The van der Waals surface area contributed by atoms with E-state index in [-0.39, 0.29) is 6.29 Å². The van der Waals surface area contributed by atoms with E-state index in [0.717, 1.165) is 19.3 Å². The summed E-state index contributed by atoms with van der Waals surface area (Å²) in [6.45, 7) is 0.307. The Hall–Kier alpha value is -0.120. The maximum absolute atomic E-state index is 9.08. The predicted octanol–water partition coefficient (Wildman–Crippen LogP) is 0.766. The summed E-state index contributed by atoms with van der Waals surface area (Å²) in [5.74, 6) is 1.08. The first-order valence-electron chi connectivity index (χ1n) is 4.62. The third-order valence-corrected chi connectivity index (χ3v) is 3.13. The second kappa shape index (κ2) is 3.32. The van der Waals surface area contributed by atoms with Crippen LogP contribution in [-0.4, -0.2) is 31.2 Å². The van der Waals surface area contributed by atoms with E-state index in [9.17, 15) is 0 Å². The summed E-state index contributed by atoms with van der Waals surface area (Å²) < 4.78 is 10.8. The standard InChI is InChI=1S/C9H16O3/c1-11-9-4-6-2-8(12-9)3-7(6)5-10/h6-10H,2-5H2,1H3. The van der Waals surface area contributed by atoms with Gasteiger partial charge in [0, 0.05) is 20.1 Å². The SMILES string of the molecule is COC1CC2CC(CC2CO)O1. The van der Waals surface area contributed by atoms with E-state index in [4.69, 9.17) is 14.6 Å². The molecule has 0 spiro atoms. The van der Waals surface area contributed by atoms with Crippen molar-refractivity contribution in [2.24, 2.45) is 11.8 Å². The Labute approximate surface area is 72.7 Å². The number of rotatable bonds is 2. The largest absolute Gasteiger partial charge is 0.396 e. The first kappa shape index (κ1) is 8.48. The summed E-state index contributed by atoms with van der Waals surface area (Å²) in [4.78, 5) is 0. The molecule has 1 saturated carbocycles. The van der Waals surface area contributed by atoms with Crippen LogP contribution in [0.4, 0.5) is 0 Å². The first-order valence-corrected chi connectivity index (χ1v) is 4.62. The van der Waals surface area contributed by atoms with Crippen molar-refractivity contribution in [3.63, 3.8) is 0 Å². The number of hydrogen-bond acceptors (Lipinski definition) is 3. The zero-order valence-corrected chi connectivity index (χ0v) is 7.40. The summed E-state index contributed by atoms with van der Waals surface area (Å²) in [6.07, 6.45) is 3.40. The van der Waals surface area contributed by atoms with E-state index in [1.54, 1.807) is 7.11 Å². The van der Waals surface area contributed by atoms with Crippen LogP contribution >= 0.6 is 0 Å². The zero-order valence-electron chi connectivity index (χ0n) is 7.40. The molecule has 2 rings (SSSR count). The van der Waals surface area contributed by atoms with E-state index in [1.165, 1.54) is 0 Å². The average molecular weight is 172 g/mol. The second-order valence-electron chi connectivity index (χ2n) is 3.83. The van der Waals surface area contributed by atoms with Crippen molar-refractivity contribution in [3.8, 4) is 0 Å². The van der Waals surface area contributed by atoms with Crippen molar-refractivity contribution in [2.75, 3.05) is 13.7 Å². The summed E-state index contributed by atoms with van der Waals surface area (Å²) in [5.41, 5.74) is 0. The van der Waals surface area contributed by atoms with E-state index in [0.29, 0.717) is 24.5 Å². The van der Waals surface area contributed by atoms with Crippen molar-refractivity contribution in [2.45, 2.75) is 31.7 Å². The van der Waals surface area contributed by atoms with Gasteiger partial charge in [-0.2, -0.15) is 0 Å². The van der Waals surface area contributed by atoms with Gasteiger partial charge < -0.3 is 14.6 Å². The first-order chi connectivity index (χ1) is 5.83. The van der Waals surface area contributed by atoms with Crippen LogP contribution in [0.15, 0.2) is 0 Å². The fraction of sp³-hybridized carbons (Fsp3) is 1.00. The molecule has 1 heterocycles. The van der Waals surface area contributed by atoms with Crippen molar-refractivity contribution < 1.29 is 14.6 Å². The summed E-state index contributed by atoms with van der Waals surface area (Å²) in [5, 5.41) is 9.08. The topological polar surface area (TPSA) is 38.7 Å². The molecule has 2 fully saturated rings. The van der Waals surface area contributed by atoms with Crippen LogP contribution in [0.3, 0.4) is 0 Å². The highest BCUT2D eigenvalue weighted by Gasteiger charge is 2.41. The molecule has 1 N–H and O–H groups in total. The van der Waals surface area contributed by atoms with E-state index >= 15 is 0 Å². The Bertz CT molecular complexity index is 158. The fourth-order valence-corrected chi connectivity index (χ4v) is 2.45. The van der Waals surface area contributed by atoms with Crippen LogP contribution in [-0.2, 0) is 9.47 Å². The lowest BCUT2D eigenvalue weighted by molar-refractivity contribution is -0.177. The quantitative estimate of drug-likeness (QED) is 0.668. The molecule has 70 valence electrons. The van der Waals surface area contributed by atoms with Crippen LogP contribution < -0.4 is 0 Å². The van der Waals surface area contributed by atoms with Crippen LogP contribution in [0.2, 0.25) is 0 Å². The third-order valence-electron chi connectivity index (χ3n) is 3.13. The van der Waals surface area contributed by atoms with Crippen LogP contribution in [0.1, 0.15) is 19.3 Å². The van der Waals surface area contributed by atoms with Gasteiger partial charge in [-0.15, -0.1) is 0 Å². The molecule has 0 radical (unpaired) electrons. The van der Waals surface area contributed by atoms with Gasteiger partial charge in [-0.3, -0.25) is 0 Å². The van der Waals surface area contributed by atoms with Gasteiger partial charge in [0.15, 0.2) is 6.29 Å². The number of aliphatic hydroxyl groups excluding tert-OH is 1. The molecular formula is C9H16O3. The van der Waals surface area contributed by atoms with E-state index in [2.05, 4.69) is 0 Å². The molecule has 4 unspecified atom stereocenters. The highest BCUT2D eigenvalue weighted by atomic mass is 16.7. The van der Waals surface area contributed by atoms with Gasteiger partial charge in [0.25, 0.3) is 0 Å². The van der Waals surface area contributed by atoms with Gasteiger partial charge in [-0.05, 0) is 24.7 Å². The second-order valence-corrected chi connectivity index (χ2v) is 3.83. The molecular weight excluding hydrogens is 156 g/mol. The molecule has 2 bridgehead atoms. The maximum Gasteiger partial charge on any atom is 0.157 e. The molecule has 1 aliphatic carbocycles. The third kappa shape index (κ3) is 1.37. The molecule has 1 aliphatic heterocycles. The van der Waals surface area contributed by atoms with E-state index < -0.39 is 0 Å². The summed E-state index contributed by atoms with van der Waals surface area (Å²) >= 11 is 0. The Morgan fingerprint density at radius 2 is 2.25 bits per heavy atom. The van der Waals surface area contributed by atoms with Gasteiger partial charge in [0.1, 0.15) is 0 Å². The van der Waals surface area contributed by atoms with Crippen molar-refractivity contribution >= 4 is 0 Å². The molecule has 3 heteroatoms. The Kier molecular flexibility index (Phi) is 2.35. The highest BCUT2D eigenvalue weighted by molar-refractivity contribution is 4.88. The van der Waals surface area contributed by atoms with Crippen LogP contribution in [0.5, 0.6) is 0 Å². The summed E-state index contributed by atoms with van der Waals surface area (Å²) in [7, 11) is 1.68. The van der Waals surface area contributed by atoms with Crippen molar-refractivity contribution in [3.05, 3.63) is 0 Å². The number of ether oxygens (including phenoxy) is 2. The fourth-order valence-electron chi connectivity index (χ4n) is 2.45. The molecule has 0 aromatic rings. The average Bonchev–Trinajstić information content (AvgIpc) is 2.40. The number of aliphatic hydroxyl groups is 1. The normalized spacial score (nSPS) is 46.5. The van der Waals surface area contributed by atoms with Crippen LogP contribution in [0, 0.1) is 11.8 Å². The minimum absolute atomic E-state index is 0.0229. The maximum atomic E-state index is 9.08. The van der Waals surface area contributed by atoms with Gasteiger partial charge in [0.05, 0.1) is 6.10 Å². The lowest BCUT2D eigenvalue weighted by atomic mass is 9.93. The molecule has 12 heavy (non-hydrogen) atoms. The number of fused-ring (bicyclic) bond motifs is 2. The number of hydrogen-bond donors (Lipinski definition) is 1. The monoisotopic (exact) mass is 172 g/mol. The Morgan fingerprint density at radius 1 is 1.42 bits per heavy atom. The molecule has 0 aromatic heterocycles. The minimum atomic E-state index is -0.0229. The molecule has 2 aliphatic rings. The van der Waals surface area contributed by atoms with Gasteiger partial charge >= 0.3 is 0 Å². The summed E-state index contributed by atoms with van der Waals surface area (Å²) in [6, 6.07) is 0. The van der Waals surface area contributed by atoms with Gasteiger partial charge in [0.2, 0.25) is 0 Å². The minimum Gasteiger partial charge on any atom is -0.396 e. The Balaban J connectivity index is 1.98. The molecule has 0 amide bonds. The van der Waals surface area contributed by atoms with Crippen molar-refractivity contribution in [1.82, 2.24) is 0 Å². The number of methoxy groups -OCH3 is 1. The highest BCUT2D eigenvalue weighted by Crippen LogP contribution is 2.41. The molecule has 4 atom stereocenters. The van der Waals surface area contributed by atoms with Crippen molar-refractivity contribution in [1.29, 1.82) is 0 Å². The lowest BCUT2D eigenvalue weighted by Gasteiger charge is -2.27. The predicted molar refractivity (Wildman–Crippen MR) is 43.6 cm³/mol. The Morgan fingerprint density at radius 3 is 2.92 bits per heavy atom.